The Labute approximate surface area is 142 Å². The minimum atomic E-state index is -0.218. The molecule has 0 bridgehead atoms. The van der Waals surface area contributed by atoms with Crippen LogP contribution < -0.4 is 0 Å². The van der Waals surface area contributed by atoms with Crippen LogP contribution in [0.4, 0.5) is 0 Å². The van der Waals surface area contributed by atoms with Crippen molar-refractivity contribution in [3.05, 3.63) is 16.4 Å². The van der Waals surface area contributed by atoms with Crippen molar-refractivity contribution in [1.29, 1.82) is 0 Å². The zero-order valence-corrected chi connectivity index (χ0v) is 14.7. The molecule has 1 aromatic rings. The van der Waals surface area contributed by atoms with E-state index in [2.05, 4.69) is 15.1 Å². The summed E-state index contributed by atoms with van der Waals surface area (Å²) in [6, 6.07) is 0. The molecule has 1 N–H and O–H groups in total. The van der Waals surface area contributed by atoms with E-state index < -0.39 is 0 Å². The molecule has 0 radical (unpaired) electrons. The molecule has 3 heterocycles. The van der Waals surface area contributed by atoms with Gasteiger partial charge in [-0.1, -0.05) is 11.6 Å². The summed E-state index contributed by atoms with van der Waals surface area (Å²) < 4.78 is 5.13. The number of methoxy groups -OCH3 is 1. The van der Waals surface area contributed by atoms with Crippen LogP contribution in [0.3, 0.4) is 0 Å². The molecule has 128 valence electrons. The van der Waals surface area contributed by atoms with Crippen LogP contribution in [0.15, 0.2) is 0 Å². The summed E-state index contributed by atoms with van der Waals surface area (Å²) in [7, 11) is 1.68. The Bertz CT molecular complexity index is 576. The highest BCUT2D eigenvalue weighted by atomic mass is 35.5. The van der Waals surface area contributed by atoms with Gasteiger partial charge in [0.2, 0.25) is 5.91 Å². The van der Waals surface area contributed by atoms with Crippen molar-refractivity contribution in [2.45, 2.75) is 32.7 Å². The highest BCUT2D eigenvalue weighted by molar-refractivity contribution is 6.31. The second-order valence-corrected chi connectivity index (χ2v) is 7.12. The molecule has 0 saturated carbocycles. The van der Waals surface area contributed by atoms with Crippen molar-refractivity contribution in [2.75, 3.05) is 39.9 Å². The Morgan fingerprint density at radius 1 is 1.39 bits per heavy atom. The van der Waals surface area contributed by atoms with Gasteiger partial charge in [-0.2, -0.15) is 5.10 Å². The average molecular weight is 341 g/mol. The smallest absolute Gasteiger partial charge is 0.230 e. The van der Waals surface area contributed by atoms with Gasteiger partial charge in [-0.3, -0.25) is 14.8 Å². The summed E-state index contributed by atoms with van der Waals surface area (Å²) >= 11 is 6.26. The molecule has 7 heteroatoms. The van der Waals surface area contributed by atoms with Crippen LogP contribution in [-0.2, 0) is 16.1 Å². The number of carbonyl (C=O) groups is 1. The van der Waals surface area contributed by atoms with Crippen LogP contribution in [0.5, 0.6) is 0 Å². The summed E-state index contributed by atoms with van der Waals surface area (Å²) in [5.74, 6) is 0.299. The van der Waals surface area contributed by atoms with Crippen molar-refractivity contribution in [3.63, 3.8) is 0 Å². The quantitative estimate of drug-likeness (QED) is 0.888. The number of likely N-dealkylation sites (tertiary alicyclic amines) is 2. The molecule has 3 rings (SSSR count). The van der Waals surface area contributed by atoms with Gasteiger partial charge in [0.05, 0.1) is 28.4 Å². The number of nitrogens with one attached hydrogen (secondary N) is 1. The summed E-state index contributed by atoms with van der Waals surface area (Å²) in [5, 5.41) is 7.91. The highest BCUT2D eigenvalue weighted by Crippen LogP contribution is 2.40. The van der Waals surface area contributed by atoms with Crippen molar-refractivity contribution < 1.29 is 9.53 Å². The Hall–Kier alpha value is -1.11. The molecule has 2 aliphatic heterocycles. The van der Waals surface area contributed by atoms with Gasteiger partial charge in [0, 0.05) is 33.3 Å². The van der Waals surface area contributed by atoms with E-state index in [1.807, 2.05) is 11.8 Å². The molecule has 6 nitrogen and oxygen atoms in total. The number of rotatable bonds is 5. The first-order chi connectivity index (χ1) is 11.1. The lowest BCUT2D eigenvalue weighted by Crippen LogP contribution is -2.50. The maximum atomic E-state index is 12.9. The predicted molar refractivity (Wildman–Crippen MR) is 88.4 cm³/mol. The first-order valence-corrected chi connectivity index (χ1v) is 8.63. The first-order valence-electron chi connectivity index (χ1n) is 8.26. The van der Waals surface area contributed by atoms with Gasteiger partial charge in [0.15, 0.2) is 0 Å². The molecule has 2 fully saturated rings. The van der Waals surface area contributed by atoms with E-state index in [0.29, 0.717) is 30.6 Å². The molecule has 1 aromatic heterocycles. The van der Waals surface area contributed by atoms with Gasteiger partial charge in [-0.05, 0) is 32.7 Å². The third-order valence-corrected chi connectivity index (χ3v) is 5.64. The summed E-state index contributed by atoms with van der Waals surface area (Å²) in [5.41, 5.74) is 1.56. The standard InChI is InChI=1S/C16H25ClN4O2/c1-12-14(17)13(19-18-12)10-20-7-5-16(11-20)4-3-6-21(15(16)22)8-9-23-2/h3-11H2,1-2H3,(H,18,19)/t16-/m0/s1. The van der Waals surface area contributed by atoms with E-state index in [1.54, 1.807) is 7.11 Å². The molecule has 0 unspecified atom stereocenters. The fraction of sp³-hybridized carbons (Fsp3) is 0.750. The normalized spacial score (nSPS) is 25.7. The monoisotopic (exact) mass is 340 g/mol. The molecule has 0 aromatic carbocycles. The van der Waals surface area contributed by atoms with Crippen molar-refractivity contribution >= 4 is 17.5 Å². The van der Waals surface area contributed by atoms with Crippen molar-refractivity contribution in [3.8, 4) is 0 Å². The van der Waals surface area contributed by atoms with E-state index >= 15 is 0 Å². The maximum absolute atomic E-state index is 12.9. The average Bonchev–Trinajstić information content (AvgIpc) is 3.09. The number of nitrogens with zero attached hydrogens (tertiary/aromatic N) is 3. The summed E-state index contributed by atoms with van der Waals surface area (Å²) in [4.78, 5) is 17.2. The second kappa shape index (κ2) is 6.79. The lowest BCUT2D eigenvalue weighted by Gasteiger charge is -2.39. The van der Waals surface area contributed by atoms with Gasteiger partial charge < -0.3 is 9.64 Å². The first kappa shape index (κ1) is 16.7. The Morgan fingerprint density at radius 2 is 2.22 bits per heavy atom. The van der Waals surface area contributed by atoms with Gasteiger partial charge in [-0.25, -0.2) is 0 Å². The Kier molecular flexibility index (Phi) is 4.94. The number of aromatic amines is 1. The van der Waals surface area contributed by atoms with Crippen LogP contribution in [0.1, 0.15) is 30.7 Å². The number of hydrogen-bond donors (Lipinski definition) is 1. The number of aromatic nitrogens is 2. The highest BCUT2D eigenvalue weighted by Gasteiger charge is 2.48. The van der Waals surface area contributed by atoms with Crippen LogP contribution in [-0.4, -0.2) is 65.8 Å². The minimum absolute atomic E-state index is 0.218. The number of piperidine rings is 1. The molecule has 2 aliphatic rings. The number of amides is 1. The second-order valence-electron chi connectivity index (χ2n) is 6.74. The van der Waals surface area contributed by atoms with Gasteiger partial charge >= 0.3 is 0 Å². The lowest BCUT2D eigenvalue weighted by atomic mass is 9.78. The number of ether oxygens (including phenoxy) is 1. The fourth-order valence-corrected chi connectivity index (χ4v) is 3.97. The number of H-pyrrole nitrogens is 1. The lowest BCUT2D eigenvalue weighted by molar-refractivity contribution is -0.146. The third kappa shape index (κ3) is 3.25. The molecular formula is C16H25ClN4O2. The van der Waals surface area contributed by atoms with Crippen molar-refractivity contribution in [1.82, 2.24) is 20.0 Å². The minimum Gasteiger partial charge on any atom is -0.383 e. The SMILES string of the molecule is COCCN1CCC[C@@]2(CCN(Cc3n[nH]c(C)c3Cl)C2)C1=O. The van der Waals surface area contributed by atoms with Gasteiger partial charge in [0.1, 0.15) is 0 Å². The number of hydrogen-bond acceptors (Lipinski definition) is 4. The number of aryl methyl sites for hydroxylation is 1. The molecule has 23 heavy (non-hydrogen) atoms. The summed E-state index contributed by atoms with van der Waals surface area (Å²) in [6.07, 6.45) is 2.99. The predicted octanol–water partition coefficient (Wildman–Crippen LogP) is 1.83. The van der Waals surface area contributed by atoms with Crippen LogP contribution in [0.25, 0.3) is 0 Å². The molecule has 1 atom stereocenters. The van der Waals surface area contributed by atoms with E-state index in [-0.39, 0.29) is 5.41 Å². The Balaban J connectivity index is 1.65. The van der Waals surface area contributed by atoms with E-state index in [1.165, 1.54) is 0 Å². The van der Waals surface area contributed by atoms with Gasteiger partial charge in [0.25, 0.3) is 0 Å². The van der Waals surface area contributed by atoms with E-state index in [9.17, 15) is 4.79 Å². The molecule has 1 spiro atoms. The molecule has 1 amide bonds. The summed E-state index contributed by atoms with van der Waals surface area (Å²) in [6.45, 7) is 6.51. The maximum Gasteiger partial charge on any atom is 0.230 e. The van der Waals surface area contributed by atoms with E-state index in [0.717, 1.165) is 50.3 Å². The van der Waals surface area contributed by atoms with Crippen LogP contribution in [0, 0.1) is 12.3 Å². The zero-order valence-electron chi connectivity index (χ0n) is 13.9. The molecule has 2 saturated heterocycles. The topological polar surface area (TPSA) is 61.5 Å². The number of carbonyl (C=O) groups excluding carboxylic acids is 1. The van der Waals surface area contributed by atoms with Crippen LogP contribution in [0.2, 0.25) is 5.02 Å². The van der Waals surface area contributed by atoms with Crippen LogP contribution >= 0.6 is 11.6 Å². The van der Waals surface area contributed by atoms with E-state index in [4.69, 9.17) is 16.3 Å². The Morgan fingerprint density at radius 3 is 2.91 bits per heavy atom. The fourth-order valence-electron chi connectivity index (χ4n) is 3.82. The number of halogens is 1. The third-order valence-electron chi connectivity index (χ3n) is 5.14. The van der Waals surface area contributed by atoms with Gasteiger partial charge in [-0.15, -0.1) is 0 Å². The molecule has 0 aliphatic carbocycles. The largest absolute Gasteiger partial charge is 0.383 e. The van der Waals surface area contributed by atoms with Crippen molar-refractivity contribution in [2.24, 2.45) is 5.41 Å². The zero-order chi connectivity index (χ0) is 16.4. The molecular weight excluding hydrogens is 316 g/mol.